The molecule has 0 aliphatic carbocycles. The Bertz CT molecular complexity index is 1380. The molecule has 2 aliphatic rings. The fourth-order valence-electron chi connectivity index (χ4n) is 4.23. The number of aryl methyl sites for hydroxylation is 1. The van der Waals surface area contributed by atoms with Crippen LogP contribution in [0.25, 0.3) is 5.57 Å². The summed E-state index contributed by atoms with van der Waals surface area (Å²) < 4.78 is 24.6. The lowest BCUT2D eigenvalue weighted by Gasteiger charge is -2.45. The normalized spacial score (nSPS) is 16.5. The Morgan fingerprint density at radius 2 is 1.50 bits per heavy atom. The lowest BCUT2D eigenvalue weighted by molar-refractivity contribution is -0.140. The fourth-order valence-corrected chi connectivity index (χ4v) is 7.21. The third kappa shape index (κ3) is 5.04. The number of carbonyl (C=O) groups excluding carboxylic acids is 3. The second-order valence-corrected chi connectivity index (χ2v) is 11.7. The van der Waals surface area contributed by atoms with Gasteiger partial charge < -0.3 is 9.47 Å². The van der Waals surface area contributed by atoms with Crippen molar-refractivity contribution < 1.29 is 28.2 Å². The molecule has 4 rings (SSSR count). The van der Waals surface area contributed by atoms with Crippen molar-refractivity contribution >= 4 is 69.7 Å². The number of hydrogen-bond acceptors (Lipinski definition) is 8. The van der Waals surface area contributed by atoms with Crippen LogP contribution in [0.15, 0.2) is 56.5 Å². The van der Waals surface area contributed by atoms with Crippen molar-refractivity contribution in [3.63, 3.8) is 0 Å². The summed E-state index contributed by atoms with van der Waals surface area (Å²) in [7, 11) is 0. The van der Waals surface area contributed by atoms with Gasteiger partial charge in [0.25, 0.3) is 5.91 Å². The van der Waals surface area contributed by atoms with Crippen LogP contribution in [-0.2, 0) is 19.1 Å². The first-order valence-corrected chi connectivity index (χ1v) is 14.0. The van der Waals surface area contributed by atoms with Gasteiger partial charge in [0.05, 0.1) is 33.5 Å². The van der Waals surface area contributed by atoms with E-state index in [0.29, 0.717) is 31.5 Å². The van der Waals surface area contributed by atoms with Crippen LogP contribution in [0.4, 0.5) is 10.1 Å². The number of thiocarbonyl (C=S) groups is 1. The van der Waals surface area contributed by atoms with Crippen LogP contribution in [0.1, 0.15) is 49.2 Å². The Morgan fingerprint density at radius 3 is 2.03 bits per heavy atom. The summed E-state index contributed by atoms with van der Waals surface area (Å²) in [5, 5.41) is 0. The molecule has 6 nitrogen and oxygen atoms in total. The van der Waals surface area contributed by atoms with Gasteiger partial charge in [0.2, 0.25) is 0 Å². The highest BCUT2D eigenvalue weighted by Crippen LogP contribution is 2.56. The number of anilines is 1. The minimum absolute atomic E-state index is 0.150. The van der Waals surface area contributed by atoms with Gasteiger partial charge in [-0.25, -0.2) is 14.0 Å². The predicted molar refractivity (Wildman–Crippen MR) is 153 cm³/mol. The van der Waals surface area contributed by atoms with E-state index in [-0.39, 0.29) is 28.9 Å². The Morgan fingerprint density at radius 1 is 0.947 bits per heavy atom. The van der Waals surface area contributed by atoms with Gasteiger partial charge in [0.15, 0.2) is 0 Å². The summed E-state index contributed by atoms with van der Waals surface area (Å²) in [5.41, 5.74) is 2.29. The highest BCUT2D eigenvalue weighted by atomic mass is 32.2. The number of nitrogens with zero attached hydrogens (tertiary/aromatic N) is 1. The van der Waals surface area contributed by atoms with Crippen molar-refractivity contribution in [1.29, 1.82) is 0 Å². The number of amides is 1. The zero-order valence-electron chi connectivity index (χ0n) is 21.5. The summed E-state index contributed by atoms with van der Waals surface area (Å²) >= 11 is 8.25. The summed E-state index contributed by atoms with van der Waals surface area (Å²) in [6.45, 7) is 9.32. The lowest BCUT2D eigenvalue weighted by atomic mass is 9.82. The molecule has 10 heteroatoms. The number of hydrogen-bond donors (Lipinski definition) is 0. The lowest BCUT2D eigenvalue weighted by Crippen LogP contribution is -2.56. The maximum atomic E-state index is 13.8. The molecule has 2 aromatic rings. The van der Waals surface area contributed by atoms with Crippen molar-refractivity contribution in [3.8, 4) is 0 Å². The van der Waals surface area contributed by atoms with Gasteiger partial charge >= 0.3 is 11.9 Å². The number of rotatable bonds is 5. The van der Waals surface area contributed by atoms with E-state index < -0.39 is 23.3 Å². The molecule has 2 heterocycles. The van der Waals surface area contributed by atoms with Crippen molar-refractivity contribution in [3.05, 3.63) is 79.0 Å². The third-order valence-electron chi connectivity index (χ3n) is 6.02. The number of halogens is 1. The number of fused-ring (bicyclic) bond motifs is 1. The van der Waals surface area contributed by atoms with Crippen molar-refractivity contribution in [1.82, 2.24) is 0 Å². The van der Waals surface area contributed by atoms with Crippen LogP contribution in [0.2, 0.25) is 0 Å². The SMILES string of the molecule is CCOC(=O)C1=C(C(=O)OCC)SC(=C2C(=S)C(C)(C)N(C(=O)c3ccc(F)cc3)c3ccc(C)cc32)S1. The van der Waals surface area contributed by atoms with E-state index in [1.807, 2.05) is 39.0 Å². The Kier molecular flexibility index (Phi) is 8.15. The van der Waals surface area contributed by atoms with Crippen LogP contribution in [0, 0.1) is 12.7 Å². The van der Waals surface area contributed by atoms with E-state index in [1.54, 1.807) is 18.7 Å². The van der Waals surface area contributed by atoms with Gasteiger partial charge in [-0.2, -0.15) is 0 Å². The van der Waals surface area contributed by atoms with Crippen molar-refractivity contribution in [2.24, 2.45) is 0 Å². The number of ether oxygens (including phenoxy) is 2. The van der Waals surface area contributed by atoms with Crippen LogP contribution >= 0.6 is 35.7 Å². The first kappa shape index (κ1) is 28.1. The first-order chi connectivity index (χ1) is 18.0. The minimum Gasteiger partial charge on any atom is -0.462 e. The number of carbonyl (C=O) groups is 3. The summed E-state index contributed by atoms with van der Waals surface area (Å²) in [6, 6.07) is 11.1. The van der Waals surface area contributed by atoms with E-state index in [2.05, 4.69) is 0 Å². The highest BCUT2D eigenvalue weighted by molar-refractivity contribution is 8.29. The molecule has 0 saturated carbocycles. The predicted octanol–water partition coefficient (Wildman–Crippen LogP) is 6.43. The standard InChI is InChI=1S/C28H26FNO5S3/c1-6-34-25(32)21-22(26(33)35-7-2)38-27(37-21)20-18-14-15(3)8-13-19(18)30(28(4,5)23(20)36)24(31)16-9-11-17(29)12-10-16/h8-14H,6-7H2,1-5H3. The van der Waals surface area contributed by atoms with Crippen LogP contribution in [-0.4, -0.2) is 41.5 Å². The molecule has 1 amide bonds. The molecule has 0 radical (unpaired) electrons. The summed E-state index contributed by atoms with van der Waals surface area (Å²) in [5.74, 6) is -1.98. The molecule has 0 unspecified atom stereocenters. The monoisotopic (exact) mass is 571 g/mol. The Labute approximate surface area is 234 Å². The molecule has 38 heavy (non-hydrogen) atoms. The molecule has 2 aromatic carbocycles. The average molecular weight is 572 g/mol. The van der Waals surface area contributed by atoms with Gasteiger partial charge in [-0.05, 0) is 71.0 Å². The number of esters is 2. The van der Waals surface area contributed by atoms with Gasteiger partial charge in [-0.1, -0.05) is 47.4 Å². The van der Waals surface area contributed by atoms with Gasteiger partial charge in [0.1, 0.15) is 15.6 Å². The zero-order valence-corrected chi connectivity index (χ0v) is 24.0. The average Bonchev–Trinajstić information content (AvgIpc) is 3.31. The maximum absolute atomic E-state index is 13.8. The van der Waals surface area contributed by atoms with E-state index in [1.165, 1.54) is 24.3 Å². The molecular weight excluding hydrogens is 546 g/mol. The van der Waals surface area contributed by atoms with Gasteiger partial charge in [0, 0.05) is 16.7 Å². The molecule has 198 valence electrons. The summed E-state index contributed by atoms with van der Waals surface area (Å²) in [6.07, 6.45) is 0. The Balaban J connectivity index is 1.88. The number of thioether (sulfide) groups is 2. The molecule has 0 N–H and O–H groups in total. The molecule has 0 saturated heterocycles. The summed E-state index contributed by atoms with van der Waals surface area (Å²) in [4.78, 5) is 41.7. The van der Waals surface area contributed by atoms with E-state index in [4.69, 9.17) is 21.7 Å². The smallest absolute Gasteiger partial charge is 0.346 e. The molecule has 0 bridgehead atoms. The van der Waals surface area contributed by atoms with Crippen molar-refractivity contribution in [2.75, 3.05) is 18.1 Å². The van der Waals surface area contributed by atoms with E-state index in [0.717, 1.165) is 29.1 Å². The third-order valence-corrected chi connectivity index (χ3v) is 9.28. The molecule has 0 aromatic heterocycles. The topological polar surface area (TPSA) is 72.9 Å². The van der Waals surface area contributed by atoms with Crippen LogP contribution < -0.4 is 4.90 Å². The second kappa shape index (κ2) is 11.0. The Hall–Kier alpha value is -2.95. The molecule has 0 spiro atoms. The van der Waals surface area contributed by atoms with Crippen LogP contribution in [0.5, 0.6) is 0 Å². The molecule has 0 atom stereocenters. The highest BCUT2D eigenvalue weighted by Gasteiger charge is 2.46. The molecular formula is C28H26FNO5S3. The maximum Gasteiger partial charge on any atom is 0.346 e. The van der Waals surface area contributed by atoms with Crippen LogP contribution in [0.3, 0.4) is 0 Å². The molecule has 2 aliphatic heterocycles. The van der Waals surface area contributed by atoms with Gasteiger partial charge in [-0.3, -0.25) is 9.69 Å². The van der Waals surface area contributed by atoms with Gasteiger partial charge in [-0.15, -0.1) is 0 Å². The van der Waals surface area contributed by atoms with E-state index >= 15 is 0 Å². The van der Waals surface area contributed by atoms with E-state index in [9.17, 15) is 18.8 Å². The quantitative estimate of drug-likeness (QED) is 0.231. The second-order valence-electron chi connectivity index (χ2n) is 9.02. The first-order valence-electron chi connectivity index (χ1n) is 12.0. The molecule has 0 fully saturated rings. The zero-order chi connectivity index (χ0) is 27.8. The largest absolute Gasteiger partial charge is 0.462 e. The number of benzene rings is 2. The van der Waals surface area contributed by atoms with Crippen molar-refractivity contribution in [2.45, 2.75) is 40.2 Å². The fraction of sp³-hybridized carbons (Fsp3) is 0.286. The minimum atomic E-state index is -0.969.